The van der Waals surface area contributed by atoms with Crippen LogP contribution in [0.3, 0.4) is 0 Å². The van der Waals surface area contributed by atoms with E-state index in [0.717, 1.165) is 35.4 Å². The Hall–Kier alpha value is -3.15. The summed E-state index contributed by atoms with van der Waals surface area (Å²) in [5, 5.41) is 9.64. The van der Waals surface area contributed by atoms with Gasteiger partial charge >= 0.3 is 0 Å². The lowest BCUT2D eigenvalue weighted by Gasteiger charge is -2.36. The molecule has 154 valence electrons. The highest BCUT2D eigenvalue weighted by atomic mass is 16.5. The summed E-state index contributed by atoms with van der Waals surface area (Å²) in [5.41, 5.74) is 3.56. The van der Waals surface area contributed by atoms with Gasteiger partial charge in [-0.1, -0.05) is 43.2 Å². The van der Waals surface area contributed by atoms with Crippen molar-refractivity contribution in [3.63, 3.8) is 0 Å². The van der Waals surface area contributed by atoms with Crippen LogP contribution in [0.2, 0.25) is 0 Å². The molecule has 2 aromatic carbocycles. The molecule has 2 aromatic rings. The number of fused-ring (bicyclic) bond motifs is 3. The standard InChI is InChI=1S/C24H25N3O3/c1-15(28)24-27-21(19-8-4-5-9-22(19)30-24)14-20(26-27)16-10-12-17(13-11-16)23(29)25-18-6-2-3-7-18/h4-5,8-13,18,21,24H,2-3,6-7,14H2,1H3,(H,25,29). The minimum atomic E-state index is -0.709. The maximum atomic E-state index is 12.5. The van der Waals surface area contributed by atoms with Gasteiger partial charge < -0.3 is 10.1 Å². The predicted octanol–water partition coefficient (Wildman–Crippen LogP) is 3.82. The average molecular weight is 403 g/mol. The number of carbonyl (C=O) groups excluding carboxylic acids is 2. The predicted molar refractivity (Wildman–Crippen MR) is 113 cm³/mol. The van der Waals surface area contributed by atoms with Crippen LogP contribution in [0.1, 0.15) is 66.6 Å². The van der Waals surface area contributed by atoms with E-state index in [9.17, 15) is 9.59 Å². The van der Waals surface area contributed by atoms with Gasteiger partial charge in [0.05, 0.1) is 11.8 Å². The number of ketones is 1. The zero-order valence-electron chi connectivity index (χ0n) is 17.0. The molecule has 1 amide bonds. The van der Waals surface area contributed by atoms with E-state index in [1.54, 1.807) is 5.01 Å². The van der Waals surface area contributed by atoms with Gasteiger partial charge in [-0.25, -0.2) is 5.01 Å². The van der Waals surface area contributed by atoms with Crippen molar-refractivity contribution in [3.05, 3.63) is 65.2 Å². The molecule has 0 spiro atoms. The van der Waals surface area contributed by atoms with Crippen LogP contribution in [-0.2, 0) is 4.79 Å². The number of nitrogens with zero attached hydrogens (tertiary/aromatic N) is 2. The summed E-state index contributed by atoms with van der Waals surface area (Å²) >= 11 is 0. The average Bonchev–Trinajstić information content (AvgIpc) is 3.43. The summed E-state index contributed by atoms with van der Waals surface area (Å²) < 4.78 is 5.92. The third-order valence-electron chi connectivity index (χ3n) is 6.22. The molecular formula is C24H25N3O3. The highest BCUT2D eigenvalue weighted by Gasteiger charge is 2.42. The number of ether oxygens (including phenoxy) is 1. The number of hydrogen-bond acceptors (Lipinski definition) is 5. The Bertz CT molecular complexity index is 1010. The molecule has 6 heteroatoms. The molecule has 1 saturated carbocycles. The van der Waals surface area contributed by atoms with E-state index in [0.29, 0.717) is 18.0 Å². The summed E-state index contributed by atoms with van der Waals surface area (Å²) in [4.78, 5) is 24.7. The smallest absolute Gasteiger partial charge is 0.251 e. The summed E-state index contributed by atoms with van der Waals surface area (Å²) in [7, 11) is 0. The lowest BCUT2D eigenvalue weighted by Crippen LogP contribution is -2.44. The molecule has 2 atom stereocenters. The van der Waals surface area contributed by atoms with Crippen LogP contribution in [-0.4, -0.2) is 34.7 Å². The van der Waals surface area contributed by atoms with Crippen molar-refractivity contribution in [3.8, 4) is 5.75 Å². The second-order valence-electron chi connectivity index (χ2n) is 8.30. The third kappa shape index (κ3) is 3.36. The van der Waals surface area contributed by atoms with Crippen LogP contribution in [0.15, 0.2) is 53.6 Å². The van der Waals surface area contributed by atoms with Gasteiger partial charge in [-0.05, 0) is 36.6 Å². The molecule has 30 heavy (non-hydrogen) atoms. The molecule has 2 aliphatic heterocycles. The number of amides is 1. The molecule has 1 aliphatic carbocycles. The van der Waals surface area contributed by atoms with E-state index in [2.05, 4.69) is 5.32 Å². The third-order valence-corrected chi connectivity index (χ3v) is 6.22. The Morgan fingerprint density at radius 3 is 2.53 bits per heavy atom. The molecule has 3 aliphatic rings. The highest BCUT2D eigenvalue weighted by molar-refractivity contribution is 6.03. The van der Waals surface area contributed by atoms with Crippen molar-refractivity contribution in [2.24, 2.45) is 5.10 Å². The van der Waals surface area contributed by atoms with Crippen molar-refractivity contribution < 1.29 is 14.3 Å². The van der Waals surface area contributed by atoms with Crippen LogP contribution in [0.25, 0.3) is 0 Å². The van der Waals surface area contributed by atoms with E-state index in [4.69, 9.17) is 9.84 Å². The van der Waals surface area contributed by atoms with Gasteiger partial charge in [0, 0.05) is 30.5 Å². The fraction of sp³-hybridized carbons (Fsp3) is 0.375. The Labute approximate surface area is 175 Å². The first-order valence-electron chi connectivity index (χ1n) is 10.6. The minimum Gasteiger partial charge on any atom is -0.461 e. The van der Waals surface area contributed by atoms with Gasteiger partial charge in [-0.2, -0.15) is 5.10 Å². The van der Waals surface area contributed by atoms with Crippen molar-refractivity contribution in [2.75, 3.05) is 0 Å². The van der Waals surface area contributed by atoms with E-state index < -0.39 is 6.23 Å². The summed E-state index contributed by atoms with van der Waals surface area (Å²) in [6, 6.07) is 15.7. The largest absolute Gasteiger partial charge is 0.461 e. The van der Waals surface area contributed by atoms with E-state index >= 15 is 0 Å². The zero-order chi connectivity index (χ0) is 20.7. The molecular weight excluding hydrogens is 378 g/mol. The van der Waals surface area contributed by atoms with Crippen LogP contribution in [0.4, 0.5) is 0 Å². The van der Waals surface area contributed by atoms with Crippen LogP contribution in [0.5, 0.6) is 5.75 Å². The zero-order valence-corrected chi connectivity index (χ0v) is 17.0. The number of Topliss-reactive ketones (excluding diaryl/α,β-unsaturated/α-hetero) is 1. The first kappa shape index (κ1) is 18.9. The number of para-hydroxylation sites is 1. The number of carbonyl (C=O) groups is 2. The molecule has 1 N–H and O–H groups in total. The van der Waals surface area contributed by atoms with Crippen molar-refractivity contribution in [1.29, 1.82) is 0 Å². The van der Waals surface area contributed by atoms with Gasteiger partial charge in [0.15, 0.2) is 5.78 Å². The molecule has 6 nitrogen and oxygen atoms in total. The summed E-state index contributed by atoms with van der Waals surface area (Å²) in [5.74, 6) is 0.658. The second kappa shape index (κ2) is 7.59. The van der Waals surface area contributed by atoms with Gasteiger partial charge in [-0.3, -0.25) is 9.59 Å². The van der Waals surface area contributed by atoms with Gasteiger partial charge in [0.2, 0.25) is 6.23 Å². The second-order valence-corrected chi connectivity index (χ2v) is 8.30. The molecule has 1 fully saturated rings. The summed E-state index contributed by atoms with van der Waals surface area (Å²) in [6.07, 6.45) is 4.50. The molecule has 0 bridgehead atoms. The maximum absolute atomic E-state index is 12.5. The number of benzene rings is 2. The highest BCUT2D eigenvalue weighted by Crippen LogP contribution is 2.42. The maximum Gasteiger partial charge on any atom is 0.251 e. The van der Waals surface area contributed by atoms with Crippen molar-refractivity contribution in [2.45, 2.75) is 57.3 Å². The molecule has 2 unspecified atom stereocenters. The van der Waals surface area contributed by atoms with Gasteiger partial charge in [0.1, 0.15) is 5.75 Å². The molecule has 5 rings (SSSR count). The van der Waals surface area contributed by atoms with Gasteiger partial charge in [0.25, 0.3) is 5.91 Å². The number of rotatable bonds is 4. The first-order chi connectivity index (χ1) is 14.6. The van der Waals surface area contributed by atoms with Crippen molar-refractivity contribution in [1.82, 2.24) is 10.3 Å². The fourth-order valence-corrected chi connectivity index (χ4v) is 4.63. The first-order valence-corrected chi connectivity index (χ1v) is 10.6. The van der Waals surface area contributed by atoms with Crippen LogP contribution in [0, 0.1) is 0 Å². The Morgan fingerprint density at radius 2 is 1.80 bits per heavy atom. The van der Waals surface area contributed by atoms with Gasteiger partial charge in [-0.15, -0.1) is 0 Å². The lowest BCUT2D eigenvalue weighted by molar-refractivity contribution is -0.135. The molecule has 0 aromatic heterocycles. The van der Waals surface area contributed by atoms with Crippen LogP contribution < -0.4 is 10.1 Å². The Balaban J connectivity index is 1.37. The number of hydrogen-bond donors (Lipinski definition) is 1. The molecule has 0 saturated heterocycles. The van der Waals surface area contributed by atoms with E-state index in [1.807, 2.05) is 48.5 Å². The number of nitrogens with one attached hydrogen (secondary N) is 1. The molecule has 0 radical (unpaired) electrons. The number of hydrazone groups is 1. The van der Waals surface area contributed by atoms with Crippen LogP contribution >= 0.6 is 0 Å². The SMILES string of the molecule is CC(=O)C1Oc2ccccc2C2CC(c3ccc(C(=O)NC4CCCC4)cc3)=NN12. The quantitative estimate of drug-likeness (QED) is 0.843. The van der Waals surface area contributed by atoms with Crippen molar-refractivity contribution >= 4 is 17.4 Å². The topological polar surface area (TPSA) is 71.0 Å². The Kier molecular flexibility index (Phi) is 4.77. The normalized spacial score (nSPS) is 22.7. The molecule has 2 heterocycles. The van der Waals surface area contributed by atoms with E-state index in [-0.39, 0.29) is 17.7 Å². The lowest BCUT2D eigenvalue weighted by atomic mass is 9.96. The van der Waals surface area contributed by atoms with E-state index in [1.165, 1.54) is 19.8 Å². The minimum absolute atomic E-state index is 0.0156. The monoisotopic (exact) mass is 403 g/mol. The summed E-state index contributed by atoms with van der Waals surface area (Å²) in [6.45, 7) is 1.53. The Morgan fingerprint density at radius 1 is 1.07 bits per heavy atom. The fourth-order valence-electron chi connectivity index (χ4n) is 4.63.